The predicted octanol–water partition coefficient (Wildman–Crippen LogP) is 3.97. The minimum absolute atomic E-state index is 0.241. The number of rotatable bonds is 7. The van der Waals surface area contributed by atoms with Gasteiger partial charge >= 0.3 is 0 Å². The number of carbonyl (C=O) groups excluding carboxylic acids is 1. The van der Waals surface area contributed by atoms with Crippen LogP contribution in [0.25, 0.3) is 0 Å². The number of hydrogen-bond donors (Lipinski definition) is 1. The zero-order chi connectivity index (χ0) is 17.5. The van der Waals surface area contributed by atoms with E-state index >= 15 is 0 Å². The van der Waals surface area contributed by atoms with Gasteiger partial charge in [-0.3, -0.25) is 4.79 Å². The van der Waals surface area contributed by atoms with E-state index in [4.69, 9.17) is 9.15 Å². The Labute approximate surface area is 145 Å². The maximum Gasteiger partial charge on any atom is 0.287 e. The third-order valence-electron chi connectivity index (χ3n) is 3.62. The number of nitrogens with one attached hydrogen (secondary N) is 1. The van der Waals surface area contributed by atoms with Gasteiger partial charge in [0.05, 0.1) is 0 Å². The first-order valence-corrected chi connectivity index (χ1v) is 8.00. The van der Waals surface area contributed by atoms with Crippen LogP contribution >= 0.6 is 0 Å². The lowest BCUT2D eigenvalue weighted by Crippen LogP contribution is -2.25. The number of hydrogen-bond acceptors (Lipinski definition) is 3. The van der Waals surface area contributed by atoms with Crippen molar-refractivity contribution in [3.8, 4) is 5.75 Å². The van der Waals surface area contributed by atoms with Gasteiger partial charge in [-0.25, -0.2) is 4.39 Å². The SMILES string of the molecule is O=C(NCCc1ccc(F)cc1)c1ccc(COc2ccccc2)o1. The van der Waals surface area contributed by atoms with Gasteiger partial charge in [0.25, 0.3) is 5.91 Å². The summed E-state index contributed by atoms with van der Waals surface area (Å²) in [6.07, 6.45) is 0.622. The number of carbonyl (C=O) groups is 1. The molecule has 128 valence electrons. The van der Waals surface area contributed by atoms with E-state index in [-0.39, 0.29) is 24.1 Å². The second-order valence-electron chi connectivity index (χ2n) is 5.50. The van der Waals surface area contributed by atoms with E-state index in [0.29, 0.717) is 18.7 Å². The molecule has 0 aliphatic heterocycles. The molecule has 3 rings (SSSR count). The van der Waals surface area contributed by atoms with Crippen LogP contribution in [0.1, 0.15) is 21.9 Å². The summed E-state index contributed by atoms with van der Waals surface area (Å²) in [6, 6.07) is 18.9. The quantitative estimate of drug-likeness (QED) is 0.709. The van der Waals surface area contributed by atoms with Crippen LogP contribution in [-0.4, -0.2) is 12.5 Å². The Morgan fingerprint density at radius 2 is 1.76 bits per heavy atom. The Morgan fingerprint density at radius 3 is 2.52 bits per heavy atom. The molecule has 3 aromatic rings. The minimum atomic E-state index is -0.284. The number of furan rings is 1. The summed E-state index contributed by atoms with van der Waals surface area (Å²) >= 11 is 0. The third-order valence-corrected chi connectivity index (χ3v) is 3.62. The average Bonchev–Trinajstić information content (AvgIpc) is 3.12. The van der Waals surface area contributed by atoms with Crippen LogP contribution in [-0.2, 0) is 13.0 Å². The molecule has 0 aliphatic carbocycles. The van der Waals surface area contributed by atoms with Gasteiger partial charge in [0.15, 0.2) is 5.76 Å². The molecule has 1 N–H and O–H groups in total. The van der Waals surface area contributed by atoms with Crippen molar-refractivity contribution in [1.29, 1.82) is 0 Å². The molecule has 1 heterocycles. The van der Waals surface area contributed by atoms with Crippen LogP contribution in [0, 0.1) is 5.82 Å². The molecule has 1 amide bonds. The molecule has 0 atom stereocenters. The number of halogens is 1. The first kappa shape index (κ1) is 16.8. The van der Waals surface area contributed by atoms with E-state index in [1.165, 1.54) is 12.1 Å². The number of para-hydroxylation sites is 1. The van der Waals surface area contributed by atoms with E-state index in [1.54, 1.807) is 24.3 Å². The van der Waals surface area contributed by atoms with E-state index in [1.807, 2.05) is 30.3 Å². The Hall–Kier alpha value is -3.08. The van der Waals surface area contributed by atoms with Crippen molar-refractivity contribution in [2.24, 2.45) is 0 Å². The highest BCUT2D eigenvalue weighted by atomic mass is 19.1. The van der Waals surface area contributed by atoms with Gasteiger partial charge in [-0.1, -0.05) is 30.3 Å². The van der Waals surface area contributed by atoms with Gasteiger partial charge in [-0.2, -0.15) is 0 Å². The molecule has 0 fully saturated rings. The van der Waals surface area contributed by atoms with E-state index < -0.39 is 0 Å². The lowest BCUT2D eigenvalue weighted by Gasteiger charge is -2.04. The Balaban J connectivity index is 1.46. The summed E-state index contributed by atoms with van der Waals surface area (Å²) in [7, 11) is 0. The van der Waals surface area contributed by atoms with Crippen molar-refractivity contribution in [3.63, 3.8) is 0 Å². The molecule has 0 spiro atoms. The Morgan fingerprint density at radius 1 is 1.00 bits per heavy atom. The summed E-state index contributed by atoms with van der Waals surface area (Å²) in [5, 5.41) is 2.78. The van der Waals surface area contributed by atoms with Crippen molar-refractivity contribution >= 4 is 5.91 Å². The highest BCUT2D eigenvalue weighted by molar-refractivity contribution is 5.91. The number of amides is 1. The maximum absolute atomic E-state index is 12.8. The maximum atomic E-state index is 12.8. The molecule has 4 nitrogen and oxygen atoms in total. The molecular weight excluding hydrogens is 321 g/mol. The Bertz CT molecular complexity index is 812. The normalized spacial score (nSPS) is 10.4. The molecule has 0 bridgehead atoms. The van der Waals surface area contributed by atoms with Gasteiger partial charge in [-0.05, 0) is 48.4 Å². The molecule has 0 radical (unpaired) electrons. The lowest BCUT2D eigenvalue weighted by atomic mass is 10.1. The molecule has 2 aromatic carbocycles. The van der Waals surface area contributed by atoms with Gasteiger partial charge < -0.3 is 14.5 Å². The molecule has 0 aliphatic rings. The molecule has 1 aromatic heterocycles. The second-order valence-corrected chi connectivity index (χ2v) is 5.50. The fourth-order valence-electron chi connectivity index (χ4n) is 2.31. The second kappa shape index (κ2) is 8.15. The summed E-state index contributed by atoms with van der Waals surface area (Å²) in [4.78, 5) is 12.1. The Kier molecular flexibility index (Phi) is 5.46. The molecule has 0 unspecified atom stereocenters. The molecular formula is C20H18FNO3. The molecule has 5 heteroatoms. The number of ether oxygens (including phenoxy) is 1. The van der Waals surface area contributed by atoms with Gasteiger partial charge in [0.1, 0.15) is 23.9 Å². The minimum Gasteiger partial charge on any atom is -0.486 e. The highest BCUT2D eigenvalue weighted by Crippen LogP contribution is 2.14. The zero-order valence-corrected chi connectivity index (χ0v) is 13.6. The van der Waals surface area contributed by atoms with E-state index in [9.17, 15) is 9.18 Å². The summed E-state index contributed by atoms with van der Waals surface area (Å²) < 4.78 is 23.9. The van der Waals surface area contributed by atoms with Gasteiger partial charge in [-0.15, -0.1) is 0 Å². The summed E-state index contributed by atoms with van der Waals surface area (Å²) in [6.45, 7) is 0.702. The summed E-state index contributed by atoms with van der Waals surface area (Å²) in [5.41, 5.74) is 0.957. The average molecular weight is 339 g/mol. The summed E-state index contributed by atoms with van der Waals surface area (Å²) in [5.74, 6) is 1.00. The van der Waals surface area contributed by atoms with Crippen LogP contribution in [0.2, 0.25) is 0 Å². The molecule has 0 saturated heterocycles. The van der Waals surface area contributed by atoms with Crippen molar-refractivity contribution in [2.75, 3.05) is 6.54 Å². The standard InChI is InChI=1S/C20H18FNO3/c21-16-8-6-15(7-9-16)12-13-22-20(23)19-11-10-18(25-19)14-24-17-4-2-1-3-5-17/h1-11H,12-14H2,(H,22,23). The molecule has 0 saturated carbocycles. The fourth-order valence-corrected chi connectivity index (χ4v) is 2.31. The van der Waals surface area contributed by atoms with Crippen molar-refractivity contribution < 1.29 is 18.3 Å². The van der Waals surface area contributed by atoms with E-state index in [2.05, 4.69) is 5.32 Å². The highest BCUT2D eigenvalue weighted by Gasteiger charge is 2.11. The van der Waals surface area contributed by atoms with Crippen LogP contribution < -0.4 is 10.1 Å². The predicted molar refractivity (Wildman–Crippen MR) is 91.9 cm³/mol. The van der Waals surface area contributed by atoms with Crippen molar-refractivity contribution in [2.45, 2.75) is 13.0 Å². The lowest BCUT2D eigenvalue weighted by molar-refractivity contribution is 0.0922. The number of benzene rings is 2. The fraction of sp³-hybridized carbons (Fsp3) is 0.150. The monoisotopic (exact) mass is 339 g/mol. The van der Waals surface area contributed by atoms with Crippen molar-refractivity contribution in [1.82, 2.24) is 5.32 Å². The van der Waals surface area contributed by atoms with Gasteiger partial charge in [0.2, 0.25) is 0 Å². The first-order chi connectivity index (χ1) is 12.2. The van der Waals surface area contributed by atoms with Crippen LogP contribution in [0.5, 0.6) is 5.75 Å². The smallest absolute Gasteiger partial charge is 0.287 e. The van der Waals surface area contributed by atoms with Gasteiger partial charge in [0, 0.05) is 6.54 Å². The van der Waals surface area contributed by atoms with Crippen LogP contribution in [0.15, 0.2) is 71.1 Å². The zero-order valence-electron chi connectivity index (χ0n) is 13.6. The van der Waals surface area contributed by atoms with E-state index in [0.717, 1.165) is 11.3 Å². The van der Waals surface area contributed by atoms with Crippen molar-refractivity contribution in [3.05, 3.63) is 89.6 Å². The topological polar surface area (TPSA) is 51.5 Å². The largest absolute Gasteiger partial charge is 0.486 e. The first-order valence-electron chi connectivity index (χ1n) is 8.00. The van der Waals surface area contributed by atoms with Crippen LogP contribution in [0.3, 0.4) is 0 Å². The van der Waals surface area contributed by atoms with Crippen LogP contribution in [0.4, 0.5) is 4.39 Å². The molecule has 25 heavy (non-hydrogen) atoms. The third kappa shape index (κ3) is 4.94.